The summed E-state index contributed by atoms with van der Waals surface area (Å²) in [5.41, 5.74) is 0.989. The Balaban J connectivity index is 1.57. The third kappa shape index (κ3) is 2.13. The average molecular weight is 338 g/mol. The first kappa shape index (κ1) is 14.5. The molecule has 1 saturated heterocycles. The van der Waals surface area contributed by atoms with E-state index in [1.807, 2.05) is 49.4 Å². The van der Waals surface area contributed by atoms with Crippen LogP contribution in [0.2, 0.25) is 0 Å². The number of nitrogens with one attached hydrogen (secondary N) is 1. The van der Waals surface area contributed by atoms with E-state index >= 15 is 0 Å². The van der Waals surface area contributed by atoms with Gasteiger partial charge >= 0.3 is 6.03 Å². The SMILES string of the molecule is C[C@@]12C[C@H](NC(=O)N1c1ccc3c(c1)OCCO3)c1ccccc1O2. The molecule has 6 nitrogen and oxygen atoms in total. The molecule has 6 heteroatoms. The molecule has 2 amide bonds. The Morgan fingerprint density at radius 1 is 1.08 bits per heavy atom. The van der Waals surface area contributed by atoms with Crippen LogP contribution in [0.1, 0.15) is 24.9 Å². The van der Waals surface area contributed by atoms with Gasteiger partial charge in [-0.15, -0.1) is 0 Å². The molecule has 3 heterocycles. The first-order chi connectivity index (χ1) is 12.1. The first-order valence-electron chi connectivity index (χ1n) is 8.42. The van der Waals surface area contributed by atoms with Crippen molar-refractivity contribution in [2.75, 3.05) is 18.1 Å². The highest BCUT2D eigenvalue weighted by Gasteiger charge is 2.49. The maximum atomic E-state index is 12.9. The van der Waals surface area contributed by atoms with Crippen LogP contribution >= 0.6 is 0 Å². The molecule has 1 fully saturated rings. The number of fused-ring (bicyclic) bond motifs is 5. The van der Waals surface area contributed by atoms with E-state index in [1.54, 1.807) is 4.90 Å². The van der Waals surface area contributed by atoms with E-state index in [-0.39, 0.29) is 12.1 Å². The topological polar surface area (TPSA) is 60.0 Å². The second kappa shape index (κ2) is 5.05. The van der Waals surface area contributed by atoms with Crippen molar-refractivity contribution in [1.82, 2.24) is 5.32 Å². The molecular weight excluding hydrogens is 320 g/mol. The van der Waals surface area contributed by atoms with Gasteiger partial charge in [0.1, 0.15) is 19.0 Å². The normalized spacial score (nSPS) is 26.4. The largest absolute Gasteiger partial charge is 0.486 e. The fourth-order valence-electron chi connectivity index (χ4n) is 3.88. The molecule has 0 saturated carbocycles. The summed E-state index contributed by atoms with van der Waals surface area (Å²) in [5, 5.41) is 3.09. The van der Waals surface area contributed by atoms with Crippen molar-refractivity contribution < 1.29 is 19.0 Å². The minimum Gasteiger partial charge on any atom is -0.486 e. The Labute approximate surface area is 145 Å². The van der Waals surface area contributed by atoms with Crippen LogP contribution in [0, 0.1) is 0 Å². The summed E-state index contributed by atoms with van der Waals surface area (Å²) in [5.74, 6) is 2.16. The van der Waals surface area contributed by atoms with Crippen LogP contribution in [-0.2, 0) is 0 Å². The summed E-state index contributed by atoms with van der Waals surface area (Å²) in [6, 6.07) is 13.2. The van der Waals surface area contributed by atoms with Crippen LogP contribution in [0.4, 0.5) is 10.5 Å². The number of carbonyl (C=O) groups is 1. The van der Waals surface area contributed by atoms with Gasteiger partial charge in [0, 0.05) is 18.1 Å². The van der Waals surface area contributed by atoms with Crippen molar-refractivity contribution in [1.29, 1.82) is 0 Å². The molecule has 2 atom stereocenters. The second-order valence-electron chi connectivity index (χ2n) is 6.68. The lowest BCUT2D eigenvalue weighted by Gasteiger charge is -2.50. The average Bonchev–Trinajstić information content (AvgIpc) is 2.61. The van der Waals surface area contributed by atoms with E-state index in [9.17, 15) is 4.79 Å². The molecule has 2 aromatic rings. The zero-order valence-electron chi connectivity index (χ0n) is 13.8. The highest BCUT2D eigenvalue weighted by Crippen LogP contribution is 2.46. The fraction of sp³-hybridized carbons (Fsp3) is 0.316. The minimum absolute atomic E-state index is 0.0455. The number of hydrogen-bond donors (Lipinski definition) is 1. The Morgan fingerprint density at radius 3 is 2.76 bits per heavy atom. The number of benzene rings is 2. The molecule has 1 N–H and O–H groups in total. The summed E-state index contributed by atoms with van der Waals surface area (Å²) in [6.45, 7) is 2.99. The third-order valence-electron chi connectivity index (χ3n) is 4.96. The van der Waals surface area contributed by atoms with E-state index in [1.165, 1.54) is 0 Å². The first-order valence-corrected chi connectivity index (χ1v) is 8.42. The molecule has 5 rings (SSSR count). The van der Waals surface area contributed by atoms with Crippen molar-refractivity contribution >= 4 is 11.7 Å². The molecule has 0 radical (unpaired) electrons. The zero-order valence-corrected chi connectivity index (χ0v) is 13.8. The Hall–Kier alpha value is -2.89. The predicted octanol–water partition coefficient (Wildman–Crippen LogP) is 3.23. The van der Waals surface area contributed by atoms with Gasteiger partial charge < -0.3 is 19.5 Å². The molecule has 0 unspecified atom stereocenters. The number of nitrogens with zero attached hydrogens (tertiary/aromatic N) is 1. The summed E-state index contributed by atoms with van der Waals surface area (Å²) in [4.78, 5) is 14.5. The number of carbonyl (C=O) groups excluding carboxylic acids is 1. The number of anilines is 1. The van der Waals surface area contributed by atoms with Gasteiger partial charge in [-0.3, -0.25) is 4.90 Å². The van der Waals surface area contributed by atoms with Crippen LogP contribution in [-0.4, -0.2) is 25.0 Å². The molecule has 3 aliphatic rings. The fourth-order valence-corrected chi connectivity index (χ4v) is 3.88. The van der Waals surface area contributed by atoms with Gasteiger partial charge in [0.2, 0.25) is 0 Å². The summed E-state index contributed by atoms with van der Waals surface area (Å²) in [6.07, 6.45) is 0.671. The van der Waals surface area contributed by atoms with E-state index in [4.69, 9.17) is 14.2 Å². The van der Waals surface area contributed by atoms with E-state index in [0.717, 1.165) is 17.0 Å². The van der Waals surface area contributed by atoms with Crippen LogP contribution in [0.3, 0.4) is 0 Å². The molecule has 0 aromatic heterocycles. The number of urea groups is 1. The van der Waals surface area contributed by atoms with Gasteiger partial charge in [0.15, 0.2) is 17.2 Å². The van der Waals surface area contributed by atoms with Gasteiger partial charge in [-0.25, -0.2) is 4.79 Å². The van der Waals surface area contributed by atoms with Gasteiger partial charge in [-0.1, -0.05) is 18.2 Å². The lowest BCUT2D eigenvalue weighted by atomic mass is 9.90. The van der Waals surface area contributed by atoms with Crippen molar-refractivity contribution in [3.63, 3.8) is 0 Å². The predicted molar refractivity (Wildman–Crippen MR) is 91.3 cm³/mol. The molecule has 0 aliphatic carbocycles. The van der Waals surface area contributed by atoms with Crippen LogP contribution in [0.5, 0.6) is 17.2 Å². The maximum Gasteiger partial charge on any atom is 0.325 e. The van der Waals surface area contributed by atoms with Crippen molar-refractivity contribution in [2.24, 2.45) is 0 Å². The smallest absolute Gasteiger partial charge is 0.325 e. The molecule has 128 valence electrons. The number of rotatable bonds is 1. The Bertz CT molecular complexity index is 868. The summed E-state index contributed by atoms with van der Waals surface area (Å²) >= 11 is 0. The monoisotopic (exact) mass is 338 g/mol. The molecule has 2 aromatic carbocycles. The molecular formula is C19H18N2O4. The molecule has 25 heavy (non-hydrogen) atoms. The van der Waals surface area contributed by atoms with E-state index in [2.05, 4.69) is 5.32 Å². The summed E-state index contributed by atoms with van der Waals surface area (Å²) < 4.78 is 17.5. The lowest BCUT2D eigenvalue weighted by Crippen LogP contribution is -2.65. The van der Waals surface area contributed by atoms with Crippen LogP contribution in [0.15, 0.2) is 42.5 Å². The number of ether oxygens (including phenoxy) is 3. The van der Waals surface area contributed by atoms with Gasteiger partial charge in [0.05, 0.1) is 11.7 Å². The second-order valence-corrected chi connectivity index (χ2v) is 6.68. The van der Waals surface area contributed by atoms with E-state index in [0.29, 0.717) is 31.1 Å². The van der Waals surface area contributed by atoms with Gasteiger partial charge in [-0.05, 0) is 25.1 Å². The maximum absolute atomic E-state index is 12.9. The number of para-hydroxylation sites is 1. The van der Waals surface area contributed by atoms with Crippen LogP contribution < -0.4 is 24.4 Å². The zero-order chi connectivity index (χ0) is 17.0. The quantitative estimate of drug-likeness (QED) is 0.867. The lowest BCUT2D eigenvalue weighted by molar-refractivity contribution is 0.0378. The Morgan fingerprint density at radius 2 is 1.88 bits per heavy atom. The standard InChI is InChI=1S/C19H18N2O4/c1-19-11-14(13-4-2-3-5-15(13)25-19)20-18(22)21(19)12-6-7-16-17(10-12)24-9-8-23-16/h2-7,10,14H,8-9,11H2,1H3,(H,20,22)/t14-,19+/m0/s1. The molecule has 2 bridgehead atoms. The van der Waals surface area contributed by atoms with Gasteiger partial charge in [0.25, 0.3) is 0 Å². The minimum atomic E-state index is -0.759. The third-order valence-corrected chi connectivity index (χ3v) is 4.96. The van der Waals surface area contributed by atoms with Crippen LogP contribution in [0.25, 0.3) is 0 Å². The summed E-state index contributed by atoms with van der Waals surface area (Å²) in [7, 11) is 0. The Kier molecular flexibility index (Phi) is 2.92. The van der Waals surface area contributed by atoms with Crippen molar-refractivity contribution in [3.05, 3.63) is 48.0 Å². The highest BCUT2D eigenvalue weighted by atomic mass is 16.6. The van der Waals surface area contributed by atoms with Crippen molar-refractivity contribution in [3.8, 4) is 17.2 Å². The molecule has 3 aliphatic heterocycles. The highest BCUT2D eigenvalue weighted by molar-refractivity contribution is 5.95. The van der Waals surface area contributed by atoms with E-state index < -0.39 is 5.72 Å². The molecule has 0 spiro atoms. The van der Waals surface area contributed by atoms with Crippen molar-refractivity contribution in [2.45, 2.75) is 25.1 Å². The number of amides is 2. The van der Waals surface area contributed by atoms with Gasteiger partial charge in [-0.2, -0.15) is 0 Å². The number of hydrogen-bond acceptors (Lipinski definition) is 4.